The molecule has 2 aromatic rings. The second-order valence-electron chi connectivity index (χ2n) is 11.5. The van der Waals surface area contributed by atoms with Crippen LogP contribution in [0.4, 0.5) is 0 Å². The molecule has 172 valence electrons. The van der Waals surface area contributed by atoms with Crippen LogP contribution in [0.2, 0.25) is 0 Å². The lowest BCUT2D eigenvalue weighted by atomic mass is 9.58. The van der Waals surface area contributed by atoms with Gasteiger partial charge in [0.25, 0.3) is 0 Å². The molecule has 3 fully saturated rings. The van der Waals surface area contributed by atoms with Crippen molar-refractivity contribution < 1.29 is 4.74 Å². The van der Waals surface area contributed by atoms with Crippen LogP contribution in [0.25, 0.3) is 10.8 Å². The van der Waals surface area contributed by atoms with Gasteiger partial charge in [-0.05, 0) is 109 Å². The quantitative estimate of drug-likeness (QED) is 0.518. The van der Waals surface area contributed by atoms with Gasteiger partial charge in [-0.15, -0.1) is 0 Å². The van der Waals surface area contributed by atoms with Crippen molar-refractivity contribution in [3.63, 3.8) is 0 Å². The fourth-order valence-electron chi connectivity index (χ4n) is 8.54. The lowest BCUT2D eigenvalue weighted by molar-refractivity contribution is -0.135. The van der Waals surface area contributed by atoms with Crippen molar-refractivity contribution in [3.8, 4) is 0 Å². The maximum Gasteiger partial charge on any atom is 0.0974 e. The highest BCUT2D eigenvalue weighted by atomic mass is 32.2. The van der Waals surface area contributed by atoms with E-state index >= 15 is 0 Å². The second-order valence-corrected chi connectivity index (χ2v) is 12.1. The van der Waals surface area contributed by atoms with Gasteiger partial charge in [-0.25, -0.2) is 0 Å². The fraction of sp³-hybridized carbons (Fsp3) is 0.552. The Morgan fingerprint density at radius 1 is 1.12 bits per heavy atom. The van der Waals surface area contributed by atoms with Gasteiger partial charge in [0.2, 0.25) is 0 Å². The third kappa shape index (κ3) is 2.81. The van der Waals surface area contributed by atoms with Crippen LogP contribution in [0.5, 0.6) is 0 Å². The van der Waals surface area contributed by atoms with E-state index in [1.54, 1.807) is 17.5 Å². The molecular weight excluding hydrogens is 424 g/mol. The molecule has 1 aromatic carbocycles. The smallest absolute Gasteiger partial charge is 0.0974 e. The molecule has 1 aromatic heterocycles. The summed E-state index contributed by atoms with van der Waals surface area (Å²) in [4.78, 5) is 4.38. The zero-order valence-electron chi connectivity index (χ0n) is 19.8. The Hall–Kier alpha value is -1.62. The summed E-state index contributed by atoms with van der Waals surface area (Å²) >= 11 is 1.76. The first-order valence-corrected chi connectivity index (χ1v) is 14.0. The summed E-state index contributed by atoms with van der Waals surface area (Å²) in [5, 5.41) is 2.55. The molecule has 7 rings (SSSR count). The average molecular weight is 459 g/mol. The van der Waals surface area contributed by atoms with E-state index in [2.05, 4.69) is 59.3 Å². The second kappa shape index (κ2) is 7.19. The molecular formula is C29H34N2OS. The summed E-state index contributed by atoms with van der Waals surface area (Å²) in [5.74, 6) is 1.19. The van der Waals surface area contributed by atoms with Gasteiger partial charge in [-0.2, -0.15) is 0 Å². The number of nitrogens with one attached hydrogen (secondary N) is 1. The van der Waals surface area contributed by atoms with Crippen LogP contribution in [-0.2, 0) is 4.74 Å². The van der Waals surface area contributed by atoms with Gasteiger partial charge in [-0.3, -0.25) is 9.71 Å². The third-order valence-electron chi connectivity index (χ3n) is 10.0. The van der Waals surface area contributed by atoms with Crippen LogP contribution in [0, 0.1) is 11.3 Å². The van der Waals surface area contributed by atoms with Gasteiger partial charge in [-0.1, -0.05) is 43.2 Å². The van der Waals surface area contributed by atoms with Gasteiger partial charge >= 0.3 is 0 Å². The highest BCUT2D eigenvalue weighted by molar-refractivity contribution is 7.96. The summed E-state index contributed by atoms with van der Waals surface area (Å²) in [6, 6.07) is 9.77. The predicted molar refractivity (Wildman–Crippen MR) is 136 cm³/mol. The molecule has 2 saturated carbocycles. The first-order chi connectivity index (χ1) is 16.1. The van der Waals surface area contributed by atoms with Gasteiger partial charge in [0.1, 0.15) is 0 Å². The number of hydrogen-bond acceptors (Lipinski definition) is 4. The minimum absolute atomic E-state index is 0.0199. The highest BCUT2D eigenvalue weighted by Gasteiger charge is 2.66. The highest BCUT2D eigenvalue weighted by Crippen LogP contribution is 2.69. The minimum atomic E-state index is -0.0646. The van der Waals surface area contributed by atoms with E-state index in [0.29, 0.717) is 17.9 Å². The van der Waals surface area contributed by atoms with Crippen LogP contribution in [-0.4, -0.2) is 28.5 Å². The zero-order chi connectivity index (χ0) is 22.3. The summed E-state index contributed by atoms with van der Waals surface area (Å²) < 4.78 is 11.0. The molecule has 5 unspecified atom stereocenters. The summed E-state index contributed by atoms with van der Waals surface area (Å²) in [5.41, 5.74) is 4.77. The standard InChI is InChI=1S/C29H34N2OS/c1-27-11-9-23-16-22-5-6-24(31-33-2)17-28(22)12-13-29(23,32-28)26(27)8-7-25(27)20-4-3-19-10-14-30-18-21(19)15-20/h3-4,9-10,14-16,18,24-26,31H,5-8,11-13,17H2,1-2H3/t24?,25?,26?,27?,28?,29-/m1/s1. The lowest BCUT2D eigenvalue weighted by Gasteiger charge is -2.54. The number of allylic oxidation sites excluding steroid dienone is 1. The number of ether oxygens (including phenoxy) is 1. The van der Waals surface area contributed by atoms with Crippen LogP contribution < -0.4 is 4.72 Å². The Morgan fingerprint density at radius 2 is 2.06 bits per heavy atom. The number of rotatable bonds is 3. The van der Waals surface area contributed by atoms with Gasteiger partial charge in [0.15, 0.2) is 0 Å². The maximum absolute atomic E-state index is 7.39. The van der Waals surface area contributed by atoms with Crippen molar-refractivity contribution in [1.82, 2.24) is 9.71 Å². The van der Waals surface area contributed by atoms with E-state index < -0.39 is 0 Å². The first kappa shape index (κ1) is 20.7. The number of aromatic nitrogens is 1. The summed E-state index contributed by atoms with van der Waals surface area (Å²) in [6.45, 7) is 2.57. The van der Waals surface area contributed by atoms with E-state index in [4.69, 9.17) is 4.74 Å². The van der Waals surface area contributed by atoms with E-state index in [0.717, 1.165) is 6.42 Å². The van der Waals surface area contributed by atoms with E-state index in [-0.39, 0.29) is 16.6 Å². The van der Waals surface area contributed by atoms with Crippen molar-refractivity contribution in [2.24, 2.45) is 11.3 Å². The molecule has 3 aliphatic carbocycles. The molecule has 2 aliphatic heterocycles. The van der Waals surface area contributed by atoms with E-state index in [9.17, 15) is 0 Å². The minimum Gasteiger partial charge on any atom is -0.359 e. The van der Waals surface area contributed by atoms with Crippen molar-refractivity contribution in [3.05, 3.63) is 65.5 Å². The topological polar surface area (TPSA) is 34.2 Å². The van der Waals surface area contributed by atoms with Crippen LogP contribution in [0.15, 0.2) is 60.0 Å². The largest absolute Gasteiger partial charge is 0.359 e. The molecule has 33 heavy (non-hydrogen) atoms. The van der Waals surface area contributed by atoms with Crippen molar-refractivity contribution in [2.75, 3.05) is 6.26 Å². The Kier molecular flexibility index (Phi) is 4.52. The Morgan fingerprint density at radius 3 is 2.97 bits per heavy atom. The van der Waals surface area contributed by atoms with E-state index in [1.807, 2.05) is 12.4 Å². The number of nitrogens with zero attached hydrogens (tertiary/aromatic N) is 1. The molecule has 0 amide bonds. The summed E-state index contributed by atoms with van der Waals surface area (Å²) in [7, 11) is 0. The fourth-order valence-corrected chi connectivity index (χ4v) is 9.08. The third-order valence-corrected chi connectivity index (χ3v) is 10.6. The average Bonchev–Trinajstić information content (AvgIpc) is 3.34. The van der Waals surface area contributed by atoms with E-state index in [1.165, 1.54) is 66.9 Å². The predicted octanol–water partition coefficient (Wildman–Crippen LogP) is 6.71. The number of hydrogen-bond donors (Lipinski definition) is 1. The SMILES string of the molecule is CSNC1CCC2=CC3=CCC4(C)C(c5ccc6ccncc6c5)CCC4[C@@]34CCC2(C1)O4. The van der Waals surface area contributed by atoms with Crippen molar-refractivity contribution in [1.29, 1.82) is 0 Å². The van der Waals surface area contributed by atoms with Gasteiger partial charge in [0, 0.05) is 23.8 Å². The summed E-state index contributed by atoms with van der Waals surface area (Å²) in [6.07, 6.45) is 20.9. The number of pyridine rings is 1. The Bertz CT molecular complexity index is 1190. The van der Waals surface area contributed by atoms with Crippen molar-refractivity contribution >= 4 is 22.7 Å². The zero-order valence-corrected chi connectivity index (χ0v) is 20.6. The lowest BCUT2D eigenvalue weighted by Crippen LogP contribution is -2.54. The van der Waals surface area contributed by atoms with Gasteiger partial charge < -0.3 is 4.74 Å². The molecule has 4 heteroatoms. The molecule has 6 atom stereocenters. The molecule has 3 heterocycles. The molecule has 2 spiro atoms. The van der Waals surface area contributed by atoms with Crippen LogP contribution in [0.1, 0.15) is 69.8 Å². The normalized spacial score (nSPS) is 41.2. The number of fused-ring (bicyclic) bond motifs is 2. The molecule has 5 aliphatic rings. The molecule has 0 radical (unpaired) electrons. The maximum atomic E-state index is 7.39. The van der Waals surface area contributed by atoms with Crippen LogP contribution in [0.3, 0.4) is 0 Å². The molecule has 1 saturated heterocycles. The first-order valence-electron chi connectivity index (χ1n) is 12.8. The van der Waals surface area contributed by atoms with Crippen molar-refractivity contribution in [2.45, 2.75) is 81.5 Å². The molecule has 1 N–H and O–H groups in total. The Labute approximate surface area is 201 Å². The molecule has 3 nitrogen and oxygen atoms in total. The number of benzene rings is 1. The van der Waals surface area contributed by atoms with Crippen LogP contribution >= 0.6 is 11.9 Å². The Balaban J connectivity index is 1.26. The monoisotopic (exact) mass is 458 g/mol. The molecule has 2 bridgehead atoms. The van der Waals surface area contributed by atoms with Gasteiger partial charge in [0.05, 0.1) is 11.2 Å².